The average Bonchev–Trinajstić information content (AvgIpc) is 2.43. The van der Waals surface area contributed by atoms with Gasteiger partial charge in [0.2, 0.25) is 0 Å². The lowest BCUT2D eigenvalue weighted by molar-refractivity contribution is 0.549. The second-order valence-corrected chi connectivity index (χ2v) is 5.40. The number of aromatic nitrogens is 1. The summed E-state index contributed by atoms with van der Waals surface area (Å²) in [7, 11) is 1.94. The molecule has 0 aliphatic heterocycles. The third kappa shape index (κ3) is 4.40. The van der Waals surface area contributed by atoms with Crippen LogP contribution in [0.25, 0.3) is 0 Å². The Morgan fingerprint density at radius 1 is 1.16 bits per heavy atom. The number of benzene rings is 1. The topological polar surface area (TPSA) is 24.9 Å². The van der Waals surface area contributed by atoms with E-state index >= 15 is 0 Å². The second kappa shape index (κ2) is 6.78. The highest BCUT2D eigenvalue weighted by atomic mass is 79.9. The molecule has 0 aliphatic carbocycles. The molecule has 1 heterocycles. The van der Waals surface area contributed by atoms with E-state index in [4.69, 9.17) is 0 Å². The quantitative estimate of drug-likeness (QED) is 0.913. The summed E-state index contributed by atoms with van der Waals surface area (Å²) in [6.07, 6.45) is 3.51. The van der Waals surface area contributed by atoms with Gasteiger partial charge in [-0.3, -0.25) is 4.98 Å². The van der Waals surface area contributed by atoms with Gasteiger partial charge >= 0.3 is 0 Å². The maximum absolute atomic E-state index is 12.9. The van der Waals surface area contributed by atoms with E-state index in [0.29, 0.717) is 6.04 Å². The van der Waals surface area contributed by atoms with Crippen molar-refractivity contribution in [1.82, 2.24) is 10.3 Å². The van der Waals surface area contributed by atoms with E-state index in [2.05, 4.69) is 26.2 Å². The lowest BCUT2D eigenvalue weighted by Crippen LogP contribution is -2.30. The van der Waals surface area contributed by atoms with E-state index < -0.39 is 0 Å². The number of halogens is 2. The van der Waals surface area contributed by atoms with Gasteiger partial charge in [0.1, 0.15) is 5.82 Å². The Kier molecular flexibility index (Phi) is 5.05. The number of pyridine rings is 1. The maximum atomic E-state index is 12.9. The zero-order valence-corrected chi connectivity index (χ0v) is 12.3. The van der Waals surface area contributed by atoms with Crippen molar-refractivity contribution in [3.8, 4) is 0 Å². The minimum absolute atomic E-state index is 0.195. The molecule has 1 aromatic carbocycles. The highest BCUT2D eigenvalue weighted by Crippen LogP contribution is 2.11. The standard InChI is InChI=1S/C15H16BrFN2/c1-18-15(8-11-2-5-13(17)6-3-11)9-14-7-4-12(16)10-19-14/h2-7,10,15,18H,8-9H2,1H3. The highest BCUT2D eigenvalue weighted by Gasteiger charge is 2.09. The molecule has 19 heavy (non-hydrogen) atoms. The number of hydrogen-bond acceptors (Lipinski definition) is 2. The second-order valence-electron chi connectivity index (χ2n) is 4.49. The Morgan fingerprint density at radius 2 is 1.89 bits per heavy atom. The molecule has 1 unspecified atom stereocenters. The fourth-order valence-corrected chi connectivity index (χ4v) is 2.20. The van der Waals surface area contributed by atoms with Gasteiger partial charge < -0.3 is 5.32 Å². The summed E-state index contributed by atoms with van der Waals surface area (Å²) >= 11 is 3.38. The molecule has 4 heteroatoms. The molecule has 1 atom stereocenters. The van der Waals surface area contributed by atoms with Crippen LogP contribution in [0.15, 0.2) is 47.1 Å². The summed E-state index contributed by atoms with van der Waals surface area (Å²) in [5, 5.41) is 3.28. The summed E-state index contributed by atoms with van der Waals surface area (Å²) in [6.45, 7) is 0. The van der Waals surface area contributed by atoms with E-state index in [-0.39, 0.29) is 5.82 Å². The molecule has 2 rings (SSSR count). The van der Waals surface area contributed by atoms with Crippen molar-refractivity contribution in [1.29, 1.82) is 0 Å². The average molecular weight is 323 g/mol. The minimum atomic E-state index is -0.195. The number of likely N-dealkylation sites (N-methyl/N-ethyl adjacent to an activating group) is 1. The lowest BCUT2D eigenvalue weighted by atomic mass is 10.0. The Balaban J connectivity index is 2.00. The third-order valence-corrected chi connectivity index (χ3v) is 3.52. The lowest BCUT2D eigenvalue weighted by Gasteiger charge is -2.16. The van der Waals surface area contributed by atoms with Crippen molar-refractivity contribution < 1.29 is 4.39 Å². The monoisotopic (exact) mass is 322 g/mol. The largest absolute Gasteiger partial charge is 0.316 e. The molecule has 1 N–H and O–H groups in total. The first-order valence-electron chi connectivity index (χ1n) is 6.19. The number of nitrogens with one attached hydrogen (secondary N) is 1. The zero-order chi connectivity index (χ0) is 13.7. The highest BCUT2D eigenvalue weighted by molar-refractivity contribution is 9.10. The van der Waals surface area contributed by atoms with Crippen molar-refractivity contribution in [2.45, 2.75) is 18.9 Å². The van der Waals surface area contributed by atoms with Gasteiger partial charge in [-0.05, 0) is 59.2 Å². The summed E-state index contributed by atoms with van der Waals surface area (Å²) in [4.78, 5) is 4.37. The van der Waals surface area contributed by atoms with Crippen molar-refractivity contribution in [2.75, 3.05) is 7.05 Å². The van der Waals surface area contributed by atoms with Crippen LogP contribution < -0.4 is 5.32 Å². The zero-order valence-electron chi connectivity index (χ0n) is 10.7. The molecule has 0 bridgehead atoms. The van der Waals surface area contributed by atoms with E-state index in [1.54, 1.807) is 6.20 Å². The van der Waals surface area contributed by atoms with Crippen LogP contribution in [-0.4, -0.2) is 18.1 Å². The van der Waals surface area contributed by atoms with Gasteiger partial charge in [0.05, 0.1) is 0 Å². The Morgan fingerprint density at radius 3 is 2.47 bits per heavy atom. The Bertz CT molecular complexity index is 463. The predicted molar refractivity (Wildman–Crippen MR) is 78.6 cm³/mol. The molecule has 2 nitrogen and oxygen atoms in total. The number of nitrogens with zero attached hydrogens (tertiary/aromatic N) is 1. The van der Waals surface area contributed by atoms with Crippen LogP contribution in [0.4, 0.5) is 4.39 Å². The molecule has 0 radical (unpaired) electrons. The predicted octanol–water partition coefficient (Wildman–Crippen LogP) is 3.36. The van der Waals surface area contributed by atoms with Gasteiger partial charge in [-0.2, -0.15) is 0 Å². The van der Waals surface area contributed by atoms with Crippen LogP contribution in [0.5, 0.6) is 0 Å². The van der Waals surface area contributed by atoms with E-state index in [1.165, 1.54) is 12.1 Å². The third-order valence-electron chi connectivity index (χ3n) is 3.05. The van der Waals surface area contributed by atoms with Gasteiger partial charge in [0, 0.05) is 28.8 Å². The molecule has 0 aliphatic rings. The maximum Gasteiger partial charge on any atom is 0.123 e. The molecule has 100 valence electrons. The molecular formula is C15H16BrFN2. The molecule has 0 saturated heterocycles. The fraction of sp³-hybridized carbons (Fsp3) is 0.267. The smallest absolute Gasteiger partial charge is 0.123 e. The van der Waals surface area contributed by atoms with Gasteiger partial charge in [-0.1, -0.05) is 12.1 Å². The van der Waals surface area contributed by atoms with E-state index in [1.807, 2.05) is 31.3 Å². The van der Waals surface area contributed by atoms with Crippen molar-refractivity contribution in [3.63, 3.8) is 0 Å². The first-order chi connectivity index (χ1) is 9.17. The molecular weight excluding hydrogens is 307 g/mol. The fourth-order valence-electron chi connectivity index (χ4n) is 1.96. The van der Waals surface area contributed by atoms with Crippen LogP contribution in [0.1, 0.15) is 11.3 Å². The molecule has 1 aromatic heterocycles. The van der Waals surface area contributed by atoms with Gasteiger partial charge in [0.15, 0.2) is 0 Å². The molecule has 0 amide bonds. The minimum Gasteiger partial charge on any atom is -0.316 e. The van der Waals surface area contributed by atoms with Crippen LogP contribution in [0.3, 0.4) is 0 Å². The summed E-state index contributed by atoms with van der Waals surface area (Å²) < 4.78 is 13.8. The molecule has 2 aromatic rings. The van der Waals surface area contributed by atoms with Crippen molar-refractivity contribution >= 4 is 15.9 Å². The van der Waals surface area contributed by atoms with Crippen LogP contribution in [0.2, 0.25) is 0 Å². The van der Waals surface area contributed by atoms with E-state index in [0.717, 1.165) is 28.6 Å². The summed E-state index contributed by atoms with van der Waals surface area (Å²) in [6, 6.07) is 11.0. The first-order valence-corrected chi connectivity index (χ1v) is 6.99. The Labute approximate surface area is 121 Å². The van der Waals surface area contributed by atoms with Crippen molar-refractivity contribution in [2.24, 2.45) is 0 Å². The summed E-state index contributed by atoms with van der Waals surface area (Å²) in [5.41, 5.74) is 2.17. The van der Waals surface area contributed by atoms with Crippen LogP contribution in [0, 0.1) is 5.82 Å². The molecule has 0 spiro atoms. The Hall–Kier alpha value is -1.26. The van der Waals surface area contributed by atoms with Gasteiger partial charge in [0.25, 0.3) is 0 Å². The van der Waals surface area contributed by atoms with E-state index in [9.17, 15) is 4.39 Å². The summed E-state index contributed by atoms with van der Waals surface area (Å²) in [5.74, 6) is -0.195. The van der Waals surface area contributed by atoms with Gasteiger partial charge in [-0.25, -0.2) is 4.39 Å². The molecule has 0 saturated carbocycles. The van der Waals surface area contributed by atoms with Crippen LogP contribution in [-0.2, 0) is 12.8 Å². The normalized spacial score (nSPS) is 12.4. The van der Waals surface area contributed by atoms with Crippen molar-refractivity contribution in [3.05, 3.63) is 64.1 Å². The van der Waals surface area contributed by atoms with Gasteiger partial charge in [-0.15, -0.1) is 0 Å². The van der Waals surface area contributed by atoms with Crippen LogP contribution >= 0.6 is 15.9 Å². The number of rotatable bonds is 5. The molecule has 0 fully saturated rings. The SMILES string of the molecule is CNC(Cc1ccc(F)cc1)Cc1ccc(Br)cn1. The first kappa shape index (κ1) is 14.2. The number of hydrogen-bond donors (Lipinski definition) is 1.